The molecule has 3 rings (SSSR count). The van der Waals surface area contributed by atoms with Crippen LogP contribution in [-0.2, 0) is 0 Å². The molecule has 1 aromatic carbocycles. The van der Waals surface area contributed by atoms with Crippen LogP contribution in [0.3, 0.4) is 0 Å². The quantitative estimate of drug-likeness (QED) is 0.677. The predicted octanol–water partition coefficient (Wildman–Crippen LogP) is 3.99. The van der Waals surface area contributed by atoms with Gasteiger partial charge in [-0.15, -0.1) is 0 Å². The van der Waals surface area contributed by atoms with Crippen molar-refractivity contribution in [1.29, 1.82) is 0 Å². The highest BCUT2D eigenvalue weighted by Gasteiger charge is 2.32. The summed E-state index contributed by atoms with van der Waals surface area (Å²) in [6, 6.07) is 4.83. The normalized spacial score (nSPS) is 27.1. The third kappa shape index (κ3) is 3.54. The van der Waals surface area contributed by atoms with Crippen molar-refractivity contribution < 1.29 is 9.72 Å². The average molecular weight is 316 g/mol. The van der Waals surface area contributed by atoms with E-state index in [0.29, 0.717) is 11.1 Å². The Balaban J connectivity index is 1.63. The Morgan fingerprint density at radius 3 is 2.61 bits per heavy atom. The number of carbonyl (C=O) groups excluding carboxylic acids is 1. The topological polar surface area (TPSA) is 72.2 Å². The van der Waals surface area contributed by atoms with Crippen molar-refractivity contribution in [2.75, 3.05) is 0 Å². The van der Waals surface area contributed by atoms with Crippen molar-refractivity contribution in [2.45, 2.75) is 57.9 Å². The van der Waals surface area contributed by atoms with Gasteiger partial charge < -0.3 is 5.32 Å². The highest BCUT2D eigenvalue weighted by molar-refractivity contribution is 5.94. The molecule has 1 N–H and O–H groups in total. The Labute approximate surface area is 136 Å². The molecule has 5 nitrogen and oxygen atoms in total. The van der Waals surface area contributed by atoms with E-state index in [4.69, 9.17) is 0 Å². The molecule has 0 radical (unpaired) electrons. The maximum absolute atomic E-state index is 12.4. The third-order valence-electron chi connectivity index (χ3n) is 5.53. The second-order valence-corrected chi connectivity index (χ2v) is 7.05. The van der Waals surface area contributed by atoms with Gasteiger partial charge in [-0.2, -0.15) is 0 Å². The number of nitro groups is 1. The minimum Gasteiger partial charge on any atom is -0.349 e. The molecule has 5 heteroatoms. The molecule has 124 valence electrons. The zero-order valence-corrected chi connectivity index (χ0v) is 13.6. The second kappa shape index (κ2) is 6.69. The Kier molecular flexibility index (Phi) is 4.64. The molecular formula is C18H24N2O3. The number of nitrogens with one attached hydrogen (secondary N) is 1. The largest absolute Gasteiger partial charge is 0.349 e. The number of nitro benzene ring substituents is 1. The molecule has 23 heavy (non-hydrogen) atoms. The molecule has 2 aliphatic carbocycles. The number of carbonyl (C=O) groups is 1. The van der Waals surface area contributed by atoms with E-state index < -0.39 is 4.92 Å². The molecule has 0 aliphatic heterocycles. The molecule has 1 aromatic rings. The summed E-state index contributed by atoms with van der Waals surface area (Å²) in [5.41, 5.74) is 1.10. The zero-order valence-electron chi connectivity index (χ0n) is 13.6. The standard InChI is InChI=1S/C18H24N2O3/c1-12-10-15(7-9-17(12)20(22)23)18(21)19-16-8-6-13-4-2-3-5-14(13)11-16/h7,9-10,13-14,16H,2-6,8,11H2,1H3,(H,19,21)/t13-,14+,16-/m1/s1. The van der Waals surface area contributed by atoms with Gasteiger partial charge in [-0.3, -0.25) is 14.9 Å². The van der Waals surface area contributed by atoms with Gasteiger partial charge >= 0.3 is 0 Å². The summed E-state index contributed by atoms with van der Waals surface area (Å²) in [5, 5.41) is 14.0. The lowest BCUT2D eigenvalue weighted by Gasteiger charge is -2.39. The van der Waals surface area contributed by atoms with Crippen LogP contribution in [0.2, 0.25) is 0 Å². The van der Waals surface area contributed by atoms with E-state index >= 15 is 0 Å². The van der Waals surface area contributed by atoms with Crippen LogP contribution in [0.4, 0.5) is 5.69 Å². The average Bonchev–Trinajstić information content (AvgIpc) is 2.54. The number of fused-ring (bicyclic) bond motifs is 1. The fourth-order valence-electron chi connectivity index (χ4n) is 4.27. The molecule has 1 amide bonds. The Hall–Kier alpha value is -1.91. The summed E-state index contributed by atoms with van der Waals surface area (Å²) in [7, 11) is 0. The summed E-state index contributed by atoms with van der Waals surface area (Å²) < 4.78 is 0. The van der Waals surface area contributed by atoms with E-state index in [9.17, 15) is 14.9 Å². The molecule has 2 fully saturated rings. The molecular weight excluding hydrogens is 292 g/mol. The van der Waals surface area contributed by atoms with Gasteiger partial charge in [0.05, 0.1) is 4.92 Å². The molecule has 0 saturated heterocycles. The maximum atomic E-state index is 12.4. The monoisotopic (exact) mass is 316 g/mol. The lowest BCUT2D eigenvalue weighted by Crippen LogP contribution is -2.41. The lowest BCUT2D eigenvalue weighted by molar-refractivity contribution is -0.385. The lowest BCUT2D eigenvalue weighted by atomic mass is 9.69. The van der Waals surface area contributed by atoms with Crippen molar-refractivity contribution in [2.24, 2.45) is 11.8 Å². The zero-order chi connectivity index (χ0) is 16.4. The molecule has 3 atom stereocenters. The smallest absolute Gasteiger partial charge is 0.272 e. The van der Waals surface area contributed by atoms with E-state index in [1.165, 1.54) is 38.2 Å². The van der Waals surface area contributed by atoms with Crippen molar-refractivity contribution in [3.05, 3.63) is 39.4 Å². The first-order valence-corrected chi connectivity index (χ1v) is 8.60. The summed E-state index contributed by atoms with van der Waals surface area (Å²) in [6.07, 6.45) is 8.69. The van der Waals surface area contributed by atoms with E-state index in [-0.39, 0.29) is 17.6 Å². The van der Waals surface area contributed by atoms with Gasteiger partial charge in [0, 0.05) is 23.2 Å². The number of benzene rings is 1. The summed E-state index contributed by atoms with van der Waals surface area (Å²) >= 11 is 0. The van der Waals surface area contributed by atoms with Crippen molar-refractivity contribution in [3.63, 3.8) is 0 Å². The van der Waals surface area contributed by atoms with Crippen LogP contribution >= 0.6 is 0 Å². The number of nitrogens with zero attached hydrogens (tertiary/aromatic N) is 1. The molecule has 0 heterocycles. The van der Waals surface area contributed by atoms with E-state index in [2.05, 4.69) is 5.32 Å². The highest BCUT2D eigenvalue weighted by atomic mass is 16.6. The Morgan fingerprint density at radius 2 is 1.91 bits per heavy atom. The first-order valence-electron chi connectivity index (χ1n) is 8.60. The molecule has 0 spiro atoms. The fraction of sp³-hybridized carbons (Fsp3) is 0.611. The van der Waals surface area contributed by atoms with Crippen LogP contribution < -0.4 is 5.32 Å². The number of rotatable bonds is 3. The molecule has 0 unspecified atom stereocenters. The summed E-state index contributed by atoms with van der Waals surface area (Å²) in [6.45, 7) is 1.67. The van der Waals surface area contributed by atoms with E-state index in [1.54, 1.807) is 19.1 Å². The van der Waals surface area contributed by atoms with Crippen molar-refractivity contribution in [1.82, 2.24) is 5.32 Å². The minimum atomic E-state index is -0.415. The highest BCUT2D eigenvalue weighted by Crippen LogP contribution is 2.40. The van der Waals surface area contributed by atoms with E-state index in [1.807, 2.05) is 0 Å². The number of hydrogen-bond acceptors (Lipinski definition) is 3. The summed E-state index contributed by atoms with van der Waals surface area (Å²) in [5.74, 6) is 1.52. The van der Waals surface area contributed by atoms with Gasteiger partial charge in [-0.1, -0.05) is 25.7 Å². The minimum absolute atomic E-state index is 0.0595. The van der Waals surface area contributed by atoms with Crippen LogP contribution in [0, 0.1) is 28.9 Å². The van der Waals surface area contributed by atoms with Gasteiger partial charge in [-0.25, -0.2) is 0 Å². The maximum Gasteiger partial charge on any atom is 0.272 e. The van der Waals surface area contributed by atoms with Crippen LogP contribution in [0.15, 0.2) is 18.2 Å². The second-order valence-electron chi connectivity index (χ2n) is 7.05. The first-order chi connectivity index (χ1) is 11.0. The van der Waals surface area contributed by atoms with Crippen LogP contribution in [-0.4, -0.2) is 16.9 Å². The van der Waals surface area contributed by atoms with Crippen LogP contribution in [0.5, 0.6) is 0 Å². The van der Waals surface area contributed by atoms with Gasteiger partial charge in [0.15, 0.2) is 0 Å². The number of aryl methyl sites for hydroxylation is 1. The molecule has 0 aromatic heterocycles. The van der Waals surface area contributed by atoms with Gasteiger partial charge in [-0.05, 0) is 50.2 Å². The molecule has 0 bridgehead atoms. The first kappa shape index (κ1) is 16.0. The predicted molar refractivity (Wildman–Crippen MR) is 88.4 cm³/mol. The van der Waals surface area contributed by atoms with Gasteiger partial charge in [0.25, 0.3) is 11.6 Å². The van der Waals surface area contributed by atoms with Crippen molar-refractivity contribution in [3.8, 4) is 0 Å². The molecule has 2 saturated carbocycles. The SMILES string of the molecule is Cc1cc(C(=O)N[C@@H]2CC[C@H]3CCCC[C@H]3C2)ccc1[N+](=O)[O-]. The van der Waals surface area contributed by atoms with Crippen molar-refractivity contribution >= 4 is 11.6 Å². The van der Waals surface area contributed by atoms with Crippen LogP contribution in [0.1, 0.15) is 60.9 Å². The Morgan fingerprint density at radius 1 is 1.17 bits per heavy atom. The number of amides is 1. The fourth-order valence-corrected chi connectivity index (χ4v) is 4.27. The number of hydrogen-bond donors (Lipinski definition) is 1. The van der Waals surface area contributed by atoms with E-state index in [0.717, 1.165) is 24.7 Å². The Bertz CT molecular complexity index is 614. The third-order valence-corrected chi connectivity index (χ3v) is 5.53. The van der Waals surface area contributed by atoms with Gasteiger partial charge in [0.1, 0.15) is 0 Å². The van der Waals surface area contributed by atoms with Crippen LogP contribution in [0.25, 0.3) is 0 Å². The van der Waals surface area contributed by atoms with Gasteiger partial charge in [0.2, 0.25) is 0 Å². The summed E-state index contributed by atoms with van der Waals surface area (Å²) in [4.78, 5) is 22.9. The molecule has 2 aliphatic rings.